The van der Waals surface area contributed by atoms with E-state index in [0.717, 1.165) is 4.90 Å². The second-order valence-corrected chi connectivity index (χ2v) is 26.1. The molecule has 0 saturated carbocycles. The van der Waals surface area contributed by atoms with Crippen molar-refractivity contribution in [3.63, 3.8) is 0 Å². The van der Waals surface area contributed by atoms with E-state index in [4.69, 9.17) is 4.74 Å². The quantitative estimate of drug-likeness (QED) is 0.172. The van der Waals surface area contributed by atoms with Gasteiger partial charge in [-0.3, -0.25) is 52.7 Å². The molecule has 0 aromatic heterocycles. The van der Waals surface area contributed by atoms with E-state index in [1.54, 1.807) is 27.7 Å². The van der Waals surface area contributed by atoms with Crippen LogP contribution in [0.3, 0.4) is 0 Å². The molecule has 23 nitrogen and oxygen atoms in total. The molecular formula is C62H111N11O12. The van der Waals surface area contributed by atoms with Crippen molar-refractivity contribution in [2.45, 2.75) is 216 Å². The summed E-state index contributed by atoms with van der Waals surface area (Å²) in [7, 11) is 11.5. The molecule has 4 N–H and O–H groups in total. The molecule has 1 aliphatic rings. The highest BCUT2D eigenvalue weighted by molar-refractivity contribution is 5.99. The molecule has 486 valence electrons. The minimum atomic E-state index is -1.38. The van der Waals surface area contributed by atoms with Gasteiger partial charge in [0.1, 0.15) is 60.4 Å². The summed E-state index contributed by atoms with van der Waals surface area (Å²) in [6.07, 6.45) is 3.91. The standard InChI is InChI=1S/C62H111N11O12/c1-26-27-28-40(14)52(85-25)51-56(78)65-42(16)57(79)67(18)33-48(74)68(19)44(29-34(2)3)55(77)66-49(38(10)11)61(83)69(20)45(30-35(4)5)54(76)63-41(15)53(75)64-43(17)58(80)70(21)46(31-36(6)7)59(81)71(22)47(32-37(8)9)60(82)72(23)50(39(12)13)62(84)73(51)24/h26-27,34-47,49-52H,28-33H2,1-25H3,(H,63,76)(H,64,75)(H,65,78)(H,66,77)/b27-26+/t40-,41+,42+,43-,44+,45+,46+,47+,49+,50+,51+,52-/m1/s1. The normalized spacial score (nSPS) is 26.9. The van der Waals surface area contributed by atoms with E-state index in [-0.39, 0.29) is 55.3 Å². The summed E-state index contributed by atoms with van der Waals surface area (Å²) < 4.78 is 6.03. The van der Waals surface area contributed by atoms with E-state index in [9.17, 15) is 43.2 Å². The second-order valence-electron chi connectivity index (χ2n) is 26.1. The number of nitrogens with one attached hydrogen (secondary N) is 4. The van der Waals surface area contributed by atoms with Gasteiger partial charge in [0.25, 0.3) is 0 Å². The number of likely N-dealkylation sites (N-methyl/N-ethyl adjacent to an activating group) is 7. The molecule has 0 unspecified atom stereocenters. The number of rotatable bonds is 15. The lowest BCUT2D eigenvalue weighted by molar-refractivity contribution is -0.158. The number of amides is 11. The highest BCUT2D eigenvalue weighted by Gasteiger charge is 2.46. The van der Waals surface area contributed by atoms with Crippen LogP contribution in [0.2, 0.25) is 0 Å². The van der Waals surface area contributed by atoms with E-state index in [1.807, 2.05) is 81.4 Å². The Morgan fingerprint density at radius 1 is 0.435 bits per heavy atom. The number of hydrogen-bond donors (Lipinski definition) is 4. The van der Waals surface area contributed by atoms with Crippen LogP contribution in [0.4, 0.5) is 0 Å². The molecule has 0 bridgehead atoms. The van der Waals surface area contributed by atoms with Gasteiger partial charge >= 0.3 is 0 Å². The molecule has 23 heteroatoms. The number of nitrogens with zero attached hydrogens (tertiary/aromatic N) is 7. The van der Waals surface area contributed by atoms with Crippen molar-refractivity contribution in [1.29, 1.82) is 0 Å². The Morgan fingerprint density at radius 3 is 1.27 bits per heavy atom. The third-order valence-electron chi connectivity index (χ3n) is 16.0. The molecule has 1 rings (SSSR count). The van der Waals surface area contributed by atoms with Gasteiger partial charge in [0.05, 0.1) is 12.6 Å². The van der Waals surface area contributed by atoms with Gasteiger partial charge in [-0.15, -0.1) is 0 Å². The first kappa shape index (κ1) is 76.9. The van der Waals surface area contributed by atoms with Gasteiger partial charge in [0, 0.05) is 56.4 Å². The van der Waals surface area contributed by atoms with Crippen molar-refractivity contribution in [2.24, 2.45) is 41.4 Å². The van der Waals surface area contributed by atoms with Crippen LogP contribution in [-0.4, -0.2) is 229 Å². The molecule has 0 spiro atoms. The van der Waals surface area contributed by atoms with Gasteiger partial charge < -0.3 is 60.3 Å². The van der Waals surface area contributed by atoms with Crippen LogP contribution in [0.5, 0.6) is 0 Å². The first-order chi connectivity index (χ1) is 39.2. The smallest absolute Gasteiger partial charge is 0.246 e. The first-order valence-corrected chi connectivity index (χ1v) is 30.4. The molecule has 1 aliphatic heterocycles. The monoisotopic (exact) mass is 1200 g/mol. The predicted molar refractivity (Wildman–Crippen MR) is 329 cm³/mol. The fourth-order valence-electron chi connectivity index (χ4n) is 10.9. The van der Waals surface area contributed by atoms with E-state index >= 15 is 9.59 Å². The summed E-state index contributed by atoms with van der Waals surface area (Å²) in [5.41, 5.74) is 0. The molecular weight excluding hydrogens is 1090 g/mol. The third kappa shape index (κ3) is 21.7. The molecule has 1 saturated heterocycles. The maximum atomic E-state index is 15.2. The van der Waals surface area contributed by atoms with Gasteiger partial charge in [0.2, 0.25) is 65.0 Å². The Morgan fingerprint density at radius 2 is 0.824 bits per heavy atom. The van der Waals surface area contributed by atoms with Gasteiger partial charge in [-0.25, -0.2) is 0 Å². The largest absolute Gasteiger partial charge is 0.378 e. The summed E-state index contributed by atoms with van der Waals surface area (Å²) in [4.78, 5) is 169. The van der Waals surface area contributed by atoms with Gasteiger partial charge in [0.15, 0.2) is 0 Å². The van der Waals surface area contributed by atoms with Crippen molar-refractivity contribution < 1.29 is 57.5 Å². The first-order valence-electron chi connectivity index (χ1n) is 30.4. The molecule has 0 aliphatic carbocycles. The fourth-order valence-corrected chi connectivity index (χ4v) is 10.9. The number of ether oxygens (including phenoxy) is 1. The van der Waals surface area contributed by atoms with Crippen molar-refractivity contribution in [3.8, 4) is 0 Å². The van der Waals surface area contributed by atoms with Crippen LogP contribution in [0, 0.1) is 41.4 Å². The maximum Gasteiger partial charge on any atom is 0.246 e. The van der Waals surface area contributed by atoms with Crippen LogP contribution in [-0.2, 0) is 57.5 Å². The molecule has 0 radical (unpaired) electrons. The summed E-state index contributed by atoms with van der Waals surface area (Å²) >= 11 is 0. The van der Waals surface area contributed by atoms with E-state index < -0.39 is 150 Å². The maximum absolute atomic E-state index is 15.2. The van der Waals surface area contributed by atoms with Crippen molar-refractivity contribution in [3.05, 3.63) is 12.2 Å². The summed E-state index contributed by atoms with van der Waals surface area (Å²) in [6.45, 7) is 29.5. The zero-order valence-electron chi connectivity index (χ0n) is 56.3. The third-order valence-corrected chi connectivity index (χ3v) is 16.0. The fraction of sp³-hybridized carbons (Fsp3) is 0.790. The van der Waals surface area contributed by atoms with Crippen LogP contribution >= 0.6 is 0 Å². The lowest BCUT2D eigenvalue weighted by Gasteiger charge is -2.42. The molecule has 11 amide bonds. The van der Waals surface area contributed by atoms with Gasteiger partial charge in [-0.1, -0.05) is 102 Å². The molecule has 0 aromatic rings. The number of hydrogen-bond acceptors (Lipinski definition) is 12. The van der Waals surface area contributed by atoms with Crippen LogP contribution < -0.4 is 21.3 Å². The van der Waals surface area contributed by atoms with Crippen molar-refractivity contribution >= 4 is 65.0 Å². The Hall–Kier alpha value is -6.13. The minimum Gasteiger partial charge on any atom is -0.378 e. The zero-order chi connectivity index (χ0) is 66.0. The van der Waals surface area contributed by atoms with Crippen LogP contribution in [0.1, 0.15) is 150 Å². The molecule has 0 aromatic carbocycles. The summed E-state index contributed by atoms with van der Waals surface area (Å²) in [5, 5.41) is 11.0. The Bertz CT molecular complexity index is 2330. The Balaban J connectivity index is 4.32. The number of carbonyl (C=O) groups excluding carboxylic acids is 11. The number of methoxy groups -OCH3 is 1. The average molecular weight is 1200 g/mol. The van der Waals surface area contributed by atoms with E-state index in [1.165, 1.54) is 107 Å². The van der Waals surface area contributed by atoms with Gasteiger partial charge in [-0.2, -0.15) is 0 Å². The van der Waals surface area contributed by atoms with Crippen molar-refractivity contribution in [2.75, 3.05) is 63.0 Å². The molecule has 1 heterocycles. The topological polar surface area (TPSA) is 268 Å². The van der Waals surface area contributed by atoms with Crippen LogP contribution in [0.15, 0.2) is 12.2 Å². The zero-order valence-corrected chi connectivity index (χ0v) is 56.3. The SMILES string of the molecule is C/C=C/C[C@@H](C)[C@@H](OC)[C@H]1C(=O)N[C@@H](C)C(=O)N(C)CC(=O)N(C)[C@@H](CC(C)C)C(=O)N[C@@H](C(C)C)C(=O)N(C)[C@@H](CC(C)C)C(=O)N[C@@H](C)C(=O)N[C@H](C)C(=O)N(C)[C@@H](CC(C)C)C(=O)N(C)[C@@H](CC(C)C)C(=O)N(C)[C@@H](C(C)C)C(=O)N1C. The van der Waals surface area contributed by atoms with E-state index in [0.29, 0.717) is 6.42 Å². The number of carbonyl (C=O) groups is 11. The average Bonchev–Trinajstić information content (AvgIpc) is 3.58. The lowest BCUT2D eigenvalue weighted by atomic mass is 9.91. The van der Waals surface area contributed by atoms with E-state index in [2.05, 4.69) is 21.3 Å². The number of allylic oxidation sites excluding steroid dienone is 2. The minimum absolute atomic E-state index is 0.124. The lowest BCUT2D eigenvalue weighted by Crippen LogP contribution is -2.63. The molecule has 12 atom stereocenters. The highest BCUT2D eigenvalue weighted by atomic mass is 16.5. The van der Waals surface area contributed by atoms with Crippen LogP contribution in [0.25, 0.3) is 0 Å². The Labute approximate surface area is 509 Å². The summed E-state index contributed by atoms with van der Waals surface area (Å²) in [5.74, 6) is -9.05. The highest BCUT2D eigenvalue weighted by Crippen LogP contribution is 2.26. The van der Waals surface area contributed by atoms with Gasteiger partial charge in [-0.05, 0) is 101 Å². The Kier molecular flexibility index (Phi) is 31.5. The van der Waals surface area contributed by atoms with Crippen molar-refractivity contribution in [1.82, 2.24) is 55.6 Å². The molecule has 85 heavy (non-hydrogen) atoms. The summed E-state index contributed by atoms with van der Waals surface area (Å²) in [6, 6.07) is -11.9. The second kappa shape index (κ2) is 34.9. The molecule has 1 fully saturated rings. The predicted octanol–water partition coefficient (Wildman–Crippen LogP) is 3.53.